The van der Waals surface area contributed by atoms with Crippen molar-refractivity contribution in [2.24, 2.45) is 5.92 Å². The molecule has 6 heteroatoms. The van der Waals surface area contributed by atoms with Gasteiger partial charge in [-0.2, -0.15) is 16.3 Å². The van der Waals surface area contributed by atoms with Crippen molar-refractivity contribution in [1.82, 2.24) is 15.0 Å². The van der Waals surface area contributed by atoms with Gasteiger partial charge in [0.1, 0.15) is 0 Å². The molecule has 1 amide bonds. The van der Waals surface area contributed by atoms with Gasteiger partial charge in [0.15, 0.2) is 0 Å². The van der Waals surface area contributed by atoms with Crippen molar-refractivity contribution < 1.29 is 9.32 Å². The van der Waals surface area contributed by atoms with Crippen LogP contribution in [0.3, 0.4) is 0 Å². The number of hydrogen-bond donors (Lipinski definition) is 0. The lowest BCUT2D eigenvalue weighted by Crippen LogP contribution is -2.40. The number of carbonyl (C=O) groups is 1. The maximum absolute atomic E-state index is 12.1. The molecular formula is C17H21N3O2S. The lowest BCUT2D eigenvalue weighted by molar-refractivity contribution is -0.132. The summed E-state index contributed by atoms with van der Waals surface area (Å²) >= 11 is 1.62. The topological polar surface area (TPSA) is 59.2 Å². The third-order valence-corrected chi connectivity index (χ3v) is 4.83. The van der Waals surface area contributed by atoms with Crippen LogP contribution in [0.2, 0.25) is 0 Å². The van der Waals surface area contributed by atoms with Gasteiger partial charge in [0.25, 0.3) is 0 Å². The first-order valence-corrected chi connectivity index (χ1v) is 8.94. The summed E-state index contributed by atoms with van der Waals surface area (Å²) < 4.78 is 5.38. The van der Waals surface area contributed by atoms with Gasteiger partial charge in [-0.3, -0.25) is 4.79 Å². The van der Waals surface area contributed by atoms with Gasteiger partial charge in [0.2, 0.25) is 17.6 Å². The molecule has 1 atom stereocenters. The summed E-state index contributed by atoms with van der Waals surface area (Å²) in [5, 5.41) is 8.06. The van der Waals surface area contributed by atoms with Crippen LogP contribution in [0.15, 0.2) is 34.0 Å². The number of hydrogen-bond acceptors (Lipinski definition) is 5. The largest absolute Gasteiger partial charge is 0.342 e. The van der Waals surface area contributed by atoms with Crippen LogP contribution >= 0.6 is 11.3 Å². The second kappa shape index (κ2) is 7.55. The second-order valence-corrected chi connectivity index (χ2v) is 6.68. The lowest BCUT2D eigenvalue weighted by Gasteiger charge is -2.32. The summed E-state index contributed by atoms with van der Waals surface area (Å²) in [5.74, 6) is 1.93. The van der Waals surface area contributed by atoms with Crippen LogP contribution in [0.1, 0.15) is 31.6 Å². The Balaban J connectivity index is 1.57. The third kappa shape index (κ3) is 4.07. The van der Waals surface area contributed by atoms with E-state index in [9.17, 15) is 4.79 Å². The van der Waals surface area contributed by atoms with Crippen LogP contribution < -0.4 is 0 Å². The molecule has 0 aliphatic carbocycles. The molecule has 1 saturated heterocycles. The second-order valence-electron chi connectivity index (χ2n) is 5.90. The third-order valence-electron chi connectivity index (χ3n) is 4.14. The maximum Gasteiger partial charge on any atom is 0.227 e. The SMILES string of the molecule is C=CCCC(=O)N1CCCC(Cc2nc(-c3ccsc3)no2)C1. The number of piperidine rings is 1. The summed E-state index contributed by atoms with van der Waals surface area (Å²) in [6.45, 7) is 5.32. The number of aromatic nitrogens is 2. The number of rotatable bonds is 6. The van der Waals surface area contributed by atoms with Crippen molar-refractivity contribution in [3.63, 3.8) is 0 Å². The van der Waals surface area contributed by atoms with E-state index in [0.29, 0.717) is 24.1 Å². The number of likely N-dealkylation sites (tertiary alicyclic amines) is 1. The zero-order valence-electron chi connectivity index (χ0n) is 13.1. The van der Waals surface area contributed by atoms with Gasteiger partial charge < -0.3 is 9.42 Å². The molecule has 0 N–H and O–H groups in total. The number of allylic oxidation sites excluding steroid dienone is 1. The zero-order chi connectivity index (χ0) is 16.1. The molecule has 3 heterocycles. The highest BCUT2D eigenvalue weighted by molar-refractivity contribution is 7.08. The monoisotopic (exact) mass is 331 g/mol. The first-order chi connectivity index (χ1) is 11.3. The Bertz CT molecular complexity index is 651. The molecule has 0 saturated carbocycles. The lowest BCUT2D eigenvalue weighted by atomic mass is 9.94. The van der Waals surface area contributed by atoms with Gasteiger partial charge in [-0.1, -0.05) is 11.2 Å². The molecule has 23 heavy (non-hydrogen) atoms. The average molecular weight is 331 g/mol. The molecule has 0 aromatic carbocycles. The first-order valence-electron chi connectivity index (χ1n) is 8.00. The fourth-order valence-corrected chi connectivity index (χ4v) is 3.57. The number of amides is 1. The summed E-state index contributed by atoms with van der Waals surface area (Å²) in [6.07, 6.45) is 5.97. The van der Waals surface area contributed by atoms with Crippen molar-refractivity contribution >= 4 is 17.2 Å². The quantitative estimate of drug-likeness (QED) is 0.760. The van der Waals surface area contributed by atoms with E-state index < -0.39 is 0 Å². The van der Waals surface area contributed by atoms with E-state index in [1.807, 2.05) is 21.7 Å². The van der Waals surface area contributed by atoms with Crippen molar-refractivity contribution in [2.75, 3.05) is 13.1 Å². The summed E-state index contributed by atoms with van der Waals surface area (Å²) in [4.78, 5) is 18.6. The predicted octanol–water partition coefficient (Wildman–Crippen LogP) is 3.55. The highest BCUT2D eigenvalue weighted by atomic mass is 32.1. The Morgan fingerprint density at radius 2 is 2.48 bits per heavy atom. The van der Waals surface area contributed by atoms with Crippen molar-refractivity contribution in [3.8, 4) is 11.4 Å². The fraction of sp³-hybridized carbons (Fsp3) is 0.471. The van der Waals surface area contributed by atoms with Crippen LogP contribution in [0.5, 0.6) is 0 Å². The van der Waals surface area contributed by atoms with Crippen LogP contribution in [0.25, 0.3) is 11.4 Å². The van der Waals surface area contributed by atoms with Gasteiger partial charge in [0, 0.05) is 36.9 Å². The van der Waals surface area contributed by atoms with Crippen molar-refractivity contribution in [3.05, 3.63) is 35.4 Å². The Labute approximate surface area is 140 Å². The minimum absolute atomic E-state index is 0.221. The number of nitrogens with zero attached hydrogens (tertiary/aromatic N) is 3. The molecular weight excluding hydrogens is 310 g/mol. The Morgan fingerprint density at radius 3 is 3.26 bits per heavy atom. The zero-order valence-corrected chi connectivity index (χ0v) is 13.9. The van der Waals surface area contributed by atoms with E-state index >= 15 is 0 Å². The average Bonchev–Trinajstić information content (AvgIpc) is 3.24. The minimum atomic E-state index is 0.221. The Morgan fingerprint density at radius 1 is 1.57 bits per heavy atom. The van der Waals surface area contributed by atoms with Gasteiger partial charge in [-0.15, -0.1) is 6.58 Å². The summed E-state index contributed by atoms with van der Waals surface area (Å²) in [7, 11) is 0. The van der Waals surface area contributed by atoms with E-state index in [4.69, 9.17) is 4.52 Å². The molecule has 1 aliphatic rings. The molecule has 0 spiro atoms. The summed E-state index contributed by atoms with van der Waals surface area (Å²) in [6, 6.07) is 1.99. The number of thiophene rings is 1. The predicted molar refractivity (Wildman–Crippen MR) is 90.1 cm³/mol. The molecule has 2 aromatic heterocycles. The maximum atomic E-state index is 12.1. The van der Waals surface area contributed by atoms with Crippen molar-refractivity contribution in [1.29, 1.82) is 0 Å². The van der Waals surface area contributed by atoms with E-state index in [1.165, 1.54) is 0 Å². The highest BCUT2D eigenvalue weighted by Crippen LogP contribution is 2.23. The Hall–Kier alpha value is -1.95. The number of carbonyl (C=O) groups excluding carboxylic acids is 1. The molecule has 1 aliphatic heterocycles. The molecule has 3 rings (SSSR count). The van der Waals surface area contributed by atoms with Gasteiger partial charge in [0.05, 0.1) is 0 Å². The van der Waals surface area contributed by atoms with Crippen LogP contribution in [-0.2, 0) is 11.2 Å². The van der Waals surface area contributed by atoms with E-state index in [-0.39, 0.29) is 5.91 Å². The smallest absolute Gasteiger partial charge is 0.227 e. The van der Waals surface area contributed by atoms with Gasteiger partial charge in [-0.25, -0.2) is 0 Å². The summed E-state index contributed by atoms with van der Waals surface area (Å²) in [5.41, 5.74) is 0.995. The highest BCUT2D eigenvalue weighted by Gasteiger charge is 2.25. The molecule has 122 valence electrons. The molecule has 2 aromatic rings. The van der Waals surface area contributed by atoms with Gasteiger partial charge in [-0.05, 0) is 36.6 Å². The molecule has 1 unspecified atom stereocenters. The molecule has 0 radical (unpaired) electrons. The molecule has 1 fully saturated rings. The van der Waals surface area contributed by atoms with Gasteiger partial charge >= 0.3 is 0 Å². The van der Waals surface area contributed by atoms with E-state index in [0.717, 1.165) is 44.3 Å². The minimum Gasteiger partial charge on any atom is -0.342 e. The molecule has 5 nitrogen and oxygen atoms in total. The normalized spacial score (nSPS) is 18.1. The molecule has 0 bridgehead atoms. The Kier molecular flexibility index (Phi) is 5.23. The van der Waals surface area contributed by atoms with Crippen LogP contribution in [0, 0.1) is 5.92 Å². The van der Waals surface area contributed by atoms with Crippen LogP contribution in [0.4, 0.5) is 0 Å². The van der Waals surface area contributed by atoms with E-state index in [1.54, 1.807) is 17.4 Å². The van der Waals surface area contributed by atoms with Crippen molar-refractivity contribution in [2.45, 2.75) is 32.1 Å². The van der Waals surface area contributed by atoms with Crippen LogP contribution in [-0.4, -0.2) is 34.0 Å². The van der Waals surface area contributed by atoms with E-state index in [2.05, 4.69) is 16.7 Å². The standard InChI is InChI=1S/C17H21N3O2S/c1-2-3-6-16(21)20-8-4-5-13(11-20)10-15-18-17(19-22-15)14-7-9-23-12-14/h2,7,9,12-13H,1,3-6,8,10-11H2. The fourth-order valence-electron chi connectivity index (χ4n) is 2.94. The first kappa shape index (κ1) is 15.9.